The van der Waals surface area contributed by atoms with E-state index in [9.17, 15) is 14.0 Å². The zero-order chi connectivity index (χ0) is 18.9. The predicted molar refractivity (Wildman–Crippen MR) is 100 cm³/mol. The third kappa shape index (κ3) is 5.84. The number of benzene rings is 2. The van der Waals surface area contributed by atoms with E-state index in [-0.39, 0.29) is 12.4 Å². The van der Waals surface area contributed by atoms with Gasteiger partial charge in [-0.05, 0) is 47.7 Å². The lowest BCUT2D eigenvalue weighted by Crippen LogP contribution is -2.21. The first-order valence-corrected chi connectivity index (χ1v) is 8.48. The van der Waals surface area contributed by atoms with E-state index in [2.05, 4.69) is 19.2 Å². The fraction of sp³-hybridized carbons (Fsp3) is 0.238. The van der Waals surface area contributed by atoms with Crippen molar-refractivity contribution in [2.24, 2.45) is 0 Å². The fourth-order valence-electron chi connectivity index (χ4n) is 2.37. The van der Waals surface area contributed by atoms with E-state index in [4.69, 9.17) is 4.74 Å². The standard InChI is InChI=1S/C21H22FNO3/c1-3-15(2)18-6-4-5-7-19(18)23-20(24)14-26-21(25)13-10-16-8-11-17(22)12-9-16/h4-13,15H,3,14H2,1-2H3,(H,23,24)/b13-10+/t15-/m0/s1. The molecule has 26 heavy (non-hydrogen) atoms. The molecule has 2 rings (SSSR count). The first kappa shape index (κ1) is 19.4. The van der Waals surface area contributed by atoms with Gasteiger partial charge in [-0.25, -0.2) is 9.18 Å². The monoisotopic (exact) mass is 355 g/mol. The van der Waals surface area contributed by atoms with Crippen molar-refractivity contribution in [2.75, 3.05) is 11.9 Å². The summed E-state index contributed by atoms with van der Waals surface area (Å²) in [7, 11) is 0. The lowest BCUT2D eigenvalue weighted by atomic mass is 9.97. The van der Waals surface area contributed by atoms with E-state index in [1.165, 1.54) is 36.4 Å². The van der Waals surface area contributed by atoms with Gasteiger partial charge in [-0.1, -0.05) is 44.2 Å². The van der Waals surface area contributed by atoms with Crippen LogP contribution in [0.1, 0.15) is 37.3 Å². The molecule has 4 nitrogen and oxygen atoms in total. The van der Waals surface area contributed by atoms with Gasteiger partial charge in [0.2, 0.25) is 0 Å². The van der Waals surface area contributed by atoms with E-state index >= 15 is 0 Å². The summed E-state index contributed by atoms with van der Waals surface area (Å²) in [5.74, 6) is -1.07. The van der Waals surface area contributed by atoms with Crippen molar-refractivity contribution < 1.29 is 18.7 Å². The average Bonchev–Trinajstić information content (AvgIpc) is 2.65. The number of rotatable bonds is 7. The quantitative estimate of drug-likeness (QED) is 0.586. The second-order valence-corrected chi connectivity index (χ2v) is 5.94. The third-order valence-electron chi connectivity index (χ3n) is 4.01. The molecule has 0 aromatic heterocycles. The van der Waals surface area contributed by atoms with Gasteiger partial charge in [0.25, 0.3) is 5.91 Å². The summed E-state index contributed by atoms with van der Waals surface area (Å²) in [6.07, 6.45) is 3.65. The van der Waals surface area contributed by atoms with Crippen LogP contribution < -0.4 is 5.32 Å². The number of amides is 1. The van der Waals surface area contributed by atoms with E-state index < -0.39 is 11.9 Å². The number of carbonyl (C=O) groups excluding carboxylic acids is 2. The number of anilines is 1. The molecule has 1 N–H and O–H groups in total. The van der Waals surface area contributed by atoms with Crippen molar-refractivity contribution in [3.8, 4) is 0 Å². The minimum Gasteiger partial charge on any atom is -0.452 e. The molecule has 0 aliphatic rings. The summed E-state index contributed by atoms with van der Waals surface area (Å²) in [5.41, 5.74) is 2.44. The molecule has 0 saturated carbocycles. The van der Waals surface area contributed by atoms with Crippen LogP contribution in [0.4, 0.5) is 10.1 Å². The molecule has 2 aromatic rings. The van der Waals surface area contributed by atoms with Crippen LogP contribution in [-0.4, -0.2) is 18.5 Å². The van der Waals surface area contributed by atoms with Crippen LogP contribution >= 0.6 is 0 Å². The first-order valence-electron chi connectivity index (χ1n) is 8.48. The zero-order valence-corrected chi connectivity index (χ0v) is 14.9. The highest BCUT2D eigenvalue weighted by Crippen LogP contribution is 2.26. The van der Waals surface area contributed by atoms with Gasteiger partial charge < -0.3 is 10.1 Å². The topological polar surface area (TPSA) is 55.4 Å². The Bertz CT molecular complexity index is 784. The van der Waals surface area contributed by atoms with Gasteiger partial charge in [0.05, 0.1) is 0 Å². The van der Waals surface area contributed by atoms with Gasteiger partial charge in [0.15, 0.2) is 6.61 Å². The smallest absolute Gasteiger partial charge is 0.331 e. The molecule has 1 amide bonds. The van der Waals surface area contributed by atoms with Crippen molar-refractivity contribution in [1.29, 1.82) is 0 Å². The number of hydrogen-bond donors (Lipinski definition) is 1. The molecule has 0 fully saturated rings. The van der Waals surface area contributed by atoms with E-state index in [1.54, 1.807) is 0 Å². The van der Waals surface area contributed by atoms with E-state index in [0.717, 1.165) is 17.7 Å². The van der Waals surface area contributed by atoms with Crippen LogP contribution in [0, 0.1) is 5.82 Å². The lowest BCUT2D eigenvalue weighted by Gasteiger charge is -2.15. The molecule has 0 saturated heterocycles. The van der Waals surface area contributed by atoms with Crippen LogP contribution in [0.2, 0.25) is 0 Å². The highest BCUT2D eigenvalue weighted by molar-refractivity contribution is 5.95. The Hall–Kier alpha value is -2.95. The van der Waals surface area contributed by atoms with Crippen molar-refractivity contribution in [3.05, 3.63) is 71.6 Å². The number of halogens is 1. The lowest BCUT2D eigenvalue weighted by molar-refractivity contribution is -0.142. The molecule has 0 spiro atoms. The summed E-state index contributed by atoms with van der Waals surface area (Å²) in [4.78, 5) is 23.7. The van der Waals surface area contributed by atoms with Crippen molar-refractivity contribution in [2.45, 2.75) is 26.2 Å². The van der Waals surface area contributed by atoms with Crippen molar-refractivity contribution in [3.63, 3.8) is 0 Å². The highest BCUT2D eigenvalue weighted by Gasteiger charge is 2.12. The molecule has 0 aliphatic carbocycles. The Morgan fingerprint density at radius 2 is 1.85 bits per heavy atom. The SMILES string of the molecule is CC[C@H](C)c1ccccc1NC(=O)COC(=O)/C=C/c1ccc(F)cc1. The second kappa shape index (κ2) is 9.51. The van der Waals surface area contributed by atoms with Crippen LogP contribution in [0.5, 0.6) is 0 Å². The molecule has 0 bridgehead atoms. The van der Waals surface area contributed by atoms with Gasteiger partial charge in [0.1, 0.15) is 5.82 Å². The summed E-state index contributed by atoms with van der Waals surface area (Å²) in [6, 6.07) is 13.3. The first-order chi connectivity index (χ1) is 12.5. The predicted octanol–water partition coefficient (Wildman–Crippen LogP) is 4.53. The molecule has 2 aromatic carbocycles. The maximum absolute atomic E-state index is 12.8. The minimum absolute atomic E-state index is 0.313. The Morgan fingerprint density at radius 1 is 1.15 bits per heavy atom. The van der Waals surface area contributed by atoms with Crippen LogP contribution in [0.15, 0.2) is 54.6 Å². The Labute approximate surface area is 152 Å². The molecule has 0 heterocycles. The molecule has 0 aliphatic heterocycles. The second-order valence-electron chi connectivity index (χ2n) is 5.94. The van der Waals surface area contributed by atoms with Gasteiger partial charge >= 0.3 is 5.97 Å². The van der Waals surface area contributed by atoms with E-state index in [0.29, 0.717) is 11.5 Å². The van der Waals surface area contributed by atoms with Crippen LogP contribution in [0.25, 0.3) is 6.08 Å². The third-order valence-corrected chi connectivity index (χ3v) is 4.01. The Morgan fingerprint density at radius 3 is 2.54 bits per heavy atom. The Kier molecular flexibility index (Phi) is 7.09. The van der Waals surface area contributed by atoms with Gasteiger partial charge in [-0.2, -0.15) is 0 Å². The van der Waals surface area contributed by atoms with Crippen LogP contribution in [-0.2, 0) is 14.3 Å². The maximum atomic E-state index is 12.8. The van der Waals surface area contributed by atoms with Gasteiger partial charge in [-0.15, -0.1) is 0 Å². The number of para-hydroxylation sites is 1. The molecule has 136 valence electrons. The summed E-state index contributed by atoms with van der Waals surface area (Å²) < 4.78 is 17.8. The molecule has 0 radical (unpaired) electrons. The van der Waals surface area contributed by atoms with Crippen LogP contribution in [0.3, 0.4) is 0 Å². The highest BCUT2D eigenvalue weighted by atomic mass is 19.1. The largest absolute Gasteiger partial charge is 0.452 e. The minimum atomic E-state index is -0.639. The molecular weight excluding hydrogens is 333 g/mol. The number of nitrogens with one attached hydrogen (secondary N) is 1. The molecule has 5 heteroatoms. The van der Waals surface area contributed by atoms with Crippen molar-refractivity contribution in [1.82, 2.24) is 0 Å². The van der Waals surface area contributed by atoms with Crippen molar-refractivity contribution >= 4 is 23.6 Å². The zero-order valence-electron chi connectivity index (χ0n) is 14.9. The Balaban J connectivity index is 1.87. The molecule has 1 atom stereocenters. The maximum Gasteiger partial charge on any atom is 0.331 e. The number of carbonyl (C=O) groups is 2. The van der Waals surface area contributed by atoms with E-state index in [1.807, 2.05) is 24.3 Å². The average molecular weight is 355 g/mol. The number of hydrogen-bond acceptors (Lipinski definition) is 3. The summed E-state index contributed by atoms with van der Waals surface area (Å²) in [5, 5.41) is 2.78. The normalized spacial score (nSPS) is 12.0. The molecule has 0 unspecified atom stereocenters. The summed E-state index contributed by atoms with van der Waals surface area (Å²) in [6.45, 7) is 3.80. The van der Waals surface area contributed by atoms with Gasteiger partial charge in [-0.3, -0.25) is 4.79 Å². The fourth-order valence-corrected chi connectivity index (χ4v) is 2.37. The summed E-state index contributed by atoms with van der Waals surface area (Å²) >= 11 is 0. The molecular formula is C21H22FNO3. The van der Waals surface area contributed by atoms with Gasteiger partial charge in [0, 0.05) is 11.8 Å². The number of ether oxygens (including phenoxy) is 1. The number of esters is 1.